The van der Waals surface area contributed by atoms with Gasteiger partial charge < -0.3 is 25.0 Å². The van der Waals surface area contributed by atoms with E-state index in [-0.39, 0.29) is 0 Å². The number of hydrogen-bond acceptors (Lipinski definition) is 6. The van der Waals surface area contributed by atoms with Crippen LogP contribution < -0.4 is 15.4 Å². The molecule has 0 spiro atoms. The van der Waals surface area contributed by atoms with E-state index < -0.39 is 5.60 Å². The molecule has 2 aromatic rings. The zero-order valence-electron chi connectivity index (χ0n) is 12.6. The van der Waals surface area contributed by atoms with Crippen molar-refractivity contribution in [3.63, 3.8) is 0 Å². The van der Waals surface area contributed by atoms with Crippen molar-refractivity contribution in [2.45, 2.75) is 18.6 Å². The maximum absolute atomic E-state index is 10.2. The second-order valence-electron chi connectivity index (χ2n) is 5.67. The van der Waals surface area contributed by atoms with Crippen LogP contribution in [0.1, 0.15) is 12.1 Å². The number of nitrogens with one attached hydrogen (secondary N) is 2. The van der Waals surface area contributed by atoms with Crippen molar-refractivity contribution in [2.75, 3.05) is 26.7 Å². The first-order valence-electron chi connectivity index (χ1n) is 7.42. The van der Waals surface area contributed by atoms with Crippen molar-refractivity contribution in [1.82, 2.24) is 15.8 Å². The fourth-order valence-electron chi connectivity index (χ4n) is 2.59. The molecule has 0 amide bonds. The minimum absolute atomic E-state index is 0.546. The first-order valence-corrected chi connectivity index (χ1v) is 7.42. The van der Waals surface area contributed by atoms with Gasteiger partial charge in [-0.2, -0.15) is 0 Å². The molecule has 2 heterocycles. The molecule has 118 valence electrons. The van der Waals surface area contributed by atoms with Crippen LogP contribution in [0.15, 0.2) is 34.9 Å². The average molecular weight is 303 g/mol. The summed E-state index contributed by atoms with van der Waals surface area (Å²) in [4.78, 5) is 0. The molecular weight excluding hydrogens is 282 g/mol. The maximum Gasteiger partial charge on any atom is 0.167 e. The van der Waals surface area contributed by atoms with Crippen molar-refractivity contribution in [3.8, 4) is 17.1 Å². The zero-order valence-corrected chi connectivity index (χ0v) is 12.6. The number of benzene rings is 1. The van der Waals surface area contributed by atoms with E-state index in [2.05, 4.69) is 15.8 Å². The fraction of sp³-hybridized carbons (Fsp3) is 0.438. The predicted molar refractivity (Wildman–Crippen MR) is 82.6 cm³/mol. The Morgan fingerprint density at radius 1 is 1.41 bits per heavy atom. The number of aliphatic hydroxyl groups is 1. The Labute approximate surface area is 129 Å². The fourth-order valence-corrected chi connectivity index (χ4v) is 2.59. The van der Waals surface area contributed by atoms with Crippen molar-refractivity contribution in [1.29, 1.82) is 0 Å². The molecule has 1 aliphatic rings. The van der Waals surface area contributed by atoms with Crippen LogP contribution in [0.25, 0.3) is 11.3 Å². The largest absolute Gasteiger partial charge is 0.497 e. The number of β-amino-alcohol motifs (C(OH)–C–C–N with tert-alkyl or cyclic N) is 1. The molecular formula is C16H21N3O3. The van der Waals surface area contributed by atoms with Gasteiger partial charge in [-0.3, -0.25) is 0 Å². The van der Waals surface area contributed by atoms with Crippen LogP contribution in [0.5, 0.6) is 5.75 Å². The molecule has 3 N–H and O–H groups in total. The lowest BCUT2D eigenvalue weighted by Crippen LogP contribution is -2.42. The first kappa shape index (κ1) is 15.0. The molecule has 1 aromatic carbocycles. The number of aromatic nitrogens is 1. The first-order chi connectivity index (χ1) is 10.7. The quantitative estimate of drug-likeness (QED) is 0.743. The Balaban J connectivity index is 1.56. The van der Waals surface area contributed by atoms with Gasteiger partial charge in [-0.05, 0) is 37.2 Å². The summed E-state index contributed by atoms with van der Waals surface area (Å²) >= 11 is 0. The van der Waals surface area contributed by atoms with E-state index in [1.807, 2.05) is 30.3 Å². The van der Waals surface area contributed by atoms with E-state index in [0.29, 0.717) is 19.6 Å². The van der Waals surface area contributed by atoms with Crippen LogP contribution in [0.2, 0.25) is 0 Å². The molecule has 1 saturated heterocycles. The molecule has 1 aromatic heterocycles. The second kappa shape index (κ2) is 6.48. The van der Waals surface area contributed by atoms with Crippen molar-refractivity contribution in [2.24, 2.45) is 0 Å². The maximum atomic E-state index is 10.2. The highest BCUT2D eigenvalue weighted by atomic mass is 16.5. The Morgan fingerprint density at radius 3 is 2.91 bits per heavy atom. The third-order valence-corrected chi connectivity index (χ3v) is 3.91. The highest BCUT2D eigenvalue weighted by molar-refractivity contribution is 5.58. The molecule has 0 bridgehead atoms. The minimum atomic E-state index is -0.650. The average Bonchev–Trinajstić information content (AvgIpc) is 3.17. The summed E-state index contributed by atoms with van der Waals surface area (Å²) in [5.74, 6) is 1.53. The van der Waals surface area contributed by atoms with Crippen LogP contribution in [-0.4, -0.2) is 42.6 Å². The van der Waals surface area contributed by atoms with Crippen LogP contribution in [0, 0.1) is 0 Å². The van der Waals surface area contributed by atoms with E-state index in [4.69, 9.17) is 9.26 Å². The van der Waals surface area contributed by atoms with E-state index in [1.54, 1.807) is 7.11 Å². The van der Waals surface area contributed by atoms with Gasteiger partial charge in [0.15, 0.2) is 5.76 Å². The lowest BCUT2D eigenvalue weighted by molar-refractivity contribution is 0.0607. The second-order valence-corrected chi connectivity index (χ2v) is 5.67. The number of nitrogens with zero attached hydrogens (tertiary/aromatic N) is 1. The molecule has 3 rings (SSSR count). The van der Waals surface area contributed by atoms with Gasteiger partial charge in [0.25, 0.3) is 0 Å². The standard InChI is InChI=1S/C16H21N3O3/c1-21-14-4-2-12(3-5-14)15-8-13(19-22-15)9-18-11-16(20)6-7-17-10-16/h2-5,8,17-18,20H,6-7,9-11H2,1H3/t16-/m0/s1. The van der Waals surface area contributed by atoms with Gasteiger partial charge in [-0.1, -0.05) is 5.16 Å². The van der Waals surface area contributed by atoms with E-state index in [0.717, 1.165) is 35.7 Å². The number of hydrogen-bond donors (Lipinski definition) is 3. The highest BCUT2D eigenvalue weighted by Crippen LogP contribution is 2.23. The summed E-state index contributed by atoms with van der Waals surface area (Å²) in [5.41, 5.74) is 1.13. The smallest absolute Gasteiger partial charge is 0.167 e. The SMILES string of the molecule is COc1ccc(-c2cc(CNC[C@]3(O)CCNC3)no2)cc1. The topological polar surface area (TPSA) is 79.5 Å². The van der Waals surface area contributed by atoms with Gasteiger partial charge in [-0.25, -0.2) is 0 Å². The summed E-state index contributed by atoms with van der Waals surface area (Å²) in [5, 5.41) is 20.7. The molecule has 6 heteroatoms. The van der Waals surface area contributed by atoms with Crippen LogP contribution in [-0.2, 0) is 6.54 Å². The summed E-state index contributed by atoms with van der Waals surface area (Å²) in [6.45, 7) is 2.62. The number of ether oxygens (including phenoxy) is 1. The van der Waals surface area contributed by atoms with E-state index >= 15 is 0 Å². The number of methoxy groups -OCH3 is 1. The van der Waals surface area contributed by atoms with Gasteiger partial charge in [0.2, 0.25) is 0 Å². The molecule has 1 fully saturated rings. The van der Waals surface area contributed by atoms with Crippen LogP contribution >= 0.6 is 0 Å². The molecule has 0 unspecified atom stereocenters. The van der Waals surface area contributed by atoms with Gasteiger partial charge in [-0.15, -0.1) is 0 Å². The summed E-state index contributed by atoms with van der Waals surface area (Å²) in [6.07, 6.45) is 0.774. The summed E-state index contributed by atoms with van der Waals surface area (Å²) in [7, 11) is 1.64. The molecule has 6 nitrogen and oxygen atoms in total. The minimum Gasteiger partial charge on any atom is -0.497 e. The molecule has 0 aliphatic carbocycles. The highest BCUT2D eigenvalue weighted by Gasteiger charge is 2.30. The number of rotatable bonds is 6. The van der Waals surface area contributed by atoms with Gasteiger partial charge in [0, 0.05) is 31.3 Å². The van der Waals surface area contributed by atoms with Gasteiger partial charge in [0.05, 0.1) is 18.4 Å². The van der Waals surface area contributed by atoms with Gasteiger partial charge in [0.1, 0.15) is 5.75 Å². The lowest BCUT2D eigenvalue weighted by atomic mass is 10.0. The zero-order chi connectivity index (χ0) is 15.4. The third kappa shape index (κ3) is 3.47. The molecule has 0 saturated carbocycles. The Bertz CT molecular complexity index is 603. The Kier molecular flexibility index (Phi) is 4.42. The molecule has 22 heavy (non-hydrogen) atoms. The van der Waals surface area contributed by atoms with Gasteiger partial charge >= 0.3 is 0 Å². The summed E-state index contributed by atoms with van der Waals surface area (Å²) < 4.78 is 10.5. The normalized spacial score (nSPS) is 21.2. The van der Waals surface area contributed by atoms with Crippen molar-refractivity contribution < 1.29 is 14.4 Å². The third-order valence-electron chi connectivity index (χ3n) is 3.91. The lowest BCUT2D eigenvalue weighted by Gasteiger charge is -2.21. The molecule has 0 radical (unpaired) electrons. The van der Waals surface area contributed by atoms with Crippen molar-refractivity contribution in [3.05, 3.63) is 36.0 Å². The summed E-state index contributed by atoms with van der Waals surface area (Å²) in [6, 6.07) is 9.55. The molecule has 1 atom stereocenters. The molecule has 1 aliphatic heterocycles. The van der Waals surface area contributed by atoms with E-state index in [9.17, 15) is 5.11 Å². The van der Waals surface area contributed by atoms with Crippen LogP contribution in [0.3, 0.4) is 0 Å². The van der Waals surface area contributed by atoms with E-state index in [1.165, 1.54) is 0 Å². The van der Waals surface area contributed by atoms with Crippen LogP contribution in [0.4, 0.5) is 0 Å². The predicted octanol–water partition coefficient (Wildman–Crippen LogP) is 1.16. The Hall–Kier alpha value is -1.89. The monoisotopic (exact) mass is 303 g/mol. The van der Waals surface area contributed by atoms with Crippen molar-refractivity contribution >= 4 is 0 Å². The Morgan fingerprint density at radius 2 is 2.23 bits per heavy atom.